The molecule has 1 fully saturated rings. The van der Waals surface area contributed by atoms with Gasteiger partial charge in [-0.05, 0) is 90.4 Å². The molecule has 32 heavy (non-hydrogen) atoms. The summed E-state index contributed by atoms with van der Waals surface area (Å²) in [5, 5.41) is 4.00. The van der Waals surface area contributed by atoms with Gasteiger partial charge < -0.3 is 0 Å². The fourth-order valence-electron chi connectivity index (χ4n) is 1.72. The second-order valence-corrected chi connectivity index (χ2v) is 10.1. The minimum Gasteiger partial charge on any atom is -0.239 e. The molecule has 0 spiro atoms. The smallest absolute Gasteiger partial charge is 0.196 e. The molecule has 0 bridgehead atoms. The Hall–Kier alpha value is 0.640. The number of benzene rings is 2. The summed E-state index contributed by atoms with van der Waals surface area (Å²) in [6.07, 6.45) is 0. The Morgan fingerprint density at radius 1 is 0.469 bits per heavy atom. The van der Waals surface area contributed by atoms with Gasteiger partial charge in [-0.2, -0.15) is 0 Å². The summed E-state index contributed by atoms with van der Waals surface area (Å²) in [5.74, 6) is -11.3. The fourth-order valence-corrected chi connectivity index (χ4v) is 4.78. The van der Waals surface area contributed by atoms with Crippen LogP contribution in [0.15, 0.2) is 0 Å². The molecule has 0 saturated carbocycles. The second-order valence-electron chi connectivity index (χ2n) is 5.80. The lowest BCUT2D eigenvalue weighted by molar-refractivity contribution is 0.0412. The number of rotatable bonds is 0. The maximum Gasteiger partial charge on any atom is 0.196 e. The summed E-state index contributed by atoms with van der Waals surface area (Å²) in [6, 6.07) is 0. The van der Waals surface area contributed by atoms with Crippen LogP contribution >= 0.6 is 90.4 Å². The maximum atomic E-state index is 12.8. The predicted octanol–water partition coefficient (Wildman–Crippen LogP) is 5.69. The van der Waals surface area contributed by atoms with Crippen LogP contribution in [0.3, 0.4) is 0 Å². The molecule has 0 atom stereocenters. The summed E-state index contributed by atoms with van der Waals surface area (Å²) in [7, 11) is 4.00. The van der Waals surface area contributed by atoms with Crippen LogP contribution in [0.25, 0.3) is 0 Å². The van der Waals surface area contributed by atoms with Gasteiger partial charge in [0.15, 0.2) is 46.5 Å². The Bertz CT molecular complexity index is 687. The monoisotopic (exact) mass is 920 g/mol. The molecule has 180 valence electrons. The molecule has 0 amide bonds. The van der Waals surface area contributed by atoms with E-state index in [9.17, 15) is 35.1 Å². The van der Waals surface area contributed by atoms with Crippen LogP contribution in [0.1, 0.15) is 0 Å². The summed E-state index contributed by atoms with van der Waals surface area (Å²) in [6.45, 7) is 1.74. The predicted molar refractivity (Wildman–Crippen MR) is 135 cm³/mol. The van der Waals surface area contributed by atoms with Crippen molar-refractivity contribution >= 4 is 90.4 Å². The highest BCUT2D eigenvalue weighted by molar-refractivity contribution is 14.1. The maximum absolute atomic E-state index is 12.8. The molecule has 1 aliphatic rings. The van der Waals surface area contributed by atoms with Gasteiger partial charge in [0, 0.05) is 14.1 Å². The van der Waals surface area contributed by atoms with Crippen molar-refractivity contribution in [2.75, 3.05) is 27.4 Å². The summed E-state index contributed by atoms with van der Waals surface area (Å²) < 4.78 is 98.7. The van der Waals surface area contributed by atoms with Crippen molar-refractivity contribution in [2.24, 2.45) is 0 Å². The molecule has 1 aliphatic heterocycles. The van der Waals surface area contributed by atoms with E-state index in [1.807, 2.05) is 24.1 Å². The third-order valence-corrected chi connectivity index (χ3v) is 7.26. The summed E-state index contributed by atoms with van der Waals surface area (Å²) in [4.78, 5) is 0. The lowest BCUT2D eigenvalue weighted by Gasteiger charge is -2.31. The zero-order valence-corrected chi connectivity index (χ0v) is 24.5. The van der Waals surface area contributed by atoms with Gasteiger partial charge in [-0.1, -0.05) is 0 Å². The van der Waals surface area contributed by atoms with Gasteiger partial charge in [-0.25, -0.2) is 56.0 Å². The highest BCUT2D eigenvalue weighted by atomic mass is 127. The standard InChI is InChI=1S/2C6F4I2.C4H12N4/c2*7-1-2(8)5(11)4(10)6(12)3(1)9;1-7-3-6-8(2)4-5-7/h;;5-6H,3-4H2,1-2H3. The van der Waals surface area contributed by atoms with Crippen molar-refractivity contribution in [3.63, 3.8) is 0 Å². The van der Waals surface area contributed by atoms with Gasteiger partial charge in [0.25, 0.3) is 0 Å². The van der Waals surface area contributed by atoms with E-state index in [2.05, 4.69) is 10.9 Å². The van der Waals surface area contributed by atoms with Crippen molar-refractivity contribution in [2.45, 2.75) is 0 Å². The van der Waals surface area contributed by atoms with Gasteiger partial charge >= 0.3 is 0 Å². The molecule has 2 aromatic rings. The van der Waals surface area contributed by atoms with Gasteiger partial charge in [0.1, 0.15) is 0 Å². The molecule has 2 N–H and O–H groups in total. The van der Waals surface area contributed by atoms with Crippen molar-refractivity contribution in [3.05, 3.63) is 60.8 Å². The average Bonchev–Trinajstić information content (AvgIpc) is 2.79. The number of hydrogen-bond acceptors (Lipinski definition) is 4. The van der Waals surface area contributed by atoms with E-state index < -0.39 is 60.8 Å². The molecule has 16 heteroatoms. The average molecular weight is 920 g/mol. The van der Waals surface area contributed by atoms with Crippen LogP contribution < -0.4 is 10.9 Å². The largest absolute Gasteiger partial charge is 0.239 e. The van der Waals surface area contributed by atoms with Crippen LogP contribution in [0.2, 0.25) is 0 Å². The normalized spacial score (nSPS) is 14.4. The highest BCUT2D eigenvalue weighted by Gasteiger charge is 2.22. The van der Waals surface area contributed by atoms with E-state index in [4.69, 9.17) is 0 Å². The van der Waals surface area contributed by atoms with E-state index in [0.29, 0.717) is 0 Å². The van der Waals surface area contributed by atoms with Crippen LogP contribution in [0.5, 0.6) is 0 Å². The number of hydrazine groups is 2. The van der Waals surface area contributed by atoms with E-state index in [1.54, 1.807) is 0 Å². The highest BCUT2D eigenvalue weighted by Crippen LogP contribution is 2.27. The third-order valence-electron chi connectivity index (χ3n) is 3.47. The number of halogens is 12. The molecule has 3 rings (SSSR count). The molecule has 0 radical (unpaired) electrons. The summed E-state index contributed by atoms with van der Waals surface area (Å²) >= 11 is 5.10. The van der Waals surface area contributed by atoms with Crippen LogP contribution in [0, 0.1) is 60.8 Å². The van der Waals surface area contributed by atoms with E-state index >= 15 is 0 Å². The van der Waals surface area contributed by atoms with Gasteiger partial charge in [0.05, 0.1) is 27.6 Å². The third kappa shape index (κ3) is 7.83. The Morgan fingerprint density at radius 2 is 0.688 bits per heavy atom. The number of hydrogen-bond donors (Lipinski definition) is 2. The van der Waals surface area contributed by atoms with E-state index in [-0.39, 0.29) is 0 Å². The molecular weight excluding hydrogens is 908 g/mol. The molecule has 0 aliphatic carbocycles. The molecule has 1 saturated heterocycles. The van der Waals surface area contributed by atoms with Crippen LogP contribution in [-0.2, 0) is 0 Å². The molecule has 4 nitrogen and oxygen atoms in total. The fraction of sp³-hybridized carbons (Fsp3) is 0.250. The quantitative estimate of drug-likeness (QED) is 0.154. The molecule has 0 unspecified atom stereocenters. The minimum atomic E-state index is -1.63. The Morgan fingerprint density at radius 3 is 0.875 bits per heavy atom. The van der Waals surface area contributed by atoms with Gasteiger partial charge in [0.2, 0.25) is 0 Å². The SMILES string of the molecule is CN1CNN(C)CN1.Fc1c(F)c(I)c(F)c(I)c1F.Fc1c(F)c(I)c(F)c(I)c1F. The van der Waals surface area contributed by atoms with Crippen LogP contribution in [0.4, 0.5) is 35.1 Å². The second kappa shape index (κ2) is 13.7. The summed E-state index contributed by atoms with van der Waals surface area (Å²) in [5.41, 5.74) is 6.26. The Balaban J connectivity index is 0.000000245. The zero-order chi connectivity index (χ0) is 24.9. The zero-order valence-electron chi connectivity index (χ0n) is 15.8. The van der Waals surface area contributed by atoms with Crippen molar-refractivity contribution in [1.82, 2.24) is 20.9 Å². The first-order chi connectivity index (χ1) is 14.7. The Labute approximate surface area is 232 Å². The molecular formula is C16H12F8I4N4. The van der Waals surface area contributed by atoms with Crippen molar-refractivity contribution in [3.8, 4) is 0 Å². The Kier molecular flexibility index (Phi) is 13.1. The minimum absolute atomic E-state index is 0.532. The lowest BCUT2D eigenvalue weighted by atomic mass is 10.3. The van der Waals surface area contributed by atoms with Crippen molar-refractivity contribution in [1.29, 1.82) is 0 Å². The van der Waals surface area contributed by atoms with E-state index in [1.165, 1.54) is 90.4 Å². The molecule has 0 aromatic heterocycles. The first-order valence-electron chi connectivity index (χ1n) is 7.95. The first kappa shape index (κ1) is 30.7. The topological polar surface area (TPSA) is 30.5 Å². The first-order valence-corrected chi connectivity index (χ1v) is 12.3. The lowest BCUT2D eigenvalue weighted by Crippen LogP contribution is -2.57. The number of nitrogens with zero attached hydrogens (tertiary/aromatic N) is 2. The van der Waals surface area contributed by atoms with Gasteiger partial charge in [-0.3, -0.25) is 0 Å². The van der Waals surface area contributed by atoms with E-state index in [0.717, 1.165) is 13.3 Å². The van der Waals surface area contributed by atoms with Gasteiger partial charge in [-0.15, -0.1) is 0 Å². The molecule has 1 heterocycles. The van der Waals surface area contributed by atoms with Crippen LogP contribution in [-0.4, -0.2) is 37.5 Å². The molecule has 2 aromatic carbocycles. The van der Waals surface area contributed by atoms with Crippen molar-refractivity contribution < 1.29 is 35.1 Å². The number of nitrogens with one attached hydrogen (secondary N) is 2.